The van der Waals surface area contributed by atoms with Gasteiger partial charge in [0, 0.05) is 16.7 Å². The van der Waals surface area contributed by atoms with Crippen molar-refractivity contribution in [3.8, 4) is 0 Å². The molecule has 1 N–H and O–H groups in total. The van der Waals surface area contributed by atoms with E-state index < -0.39 is 5.25 Å². The van der Waals surface area contributed by atoms with Crippen LogP contribution >= 0.6 is 27.7 Å². The van der Waals surface area contributed by atoms with E-state index in [0.717, 1.165) is 4.47 Å². The second-order valence-electron chi connectivity index (χ2n) is 6.60. The van der Waals surface area contributed by atoms with Crippen molar-refractivity contribution in [3.63, 3.8) is 0 Å². The summed E-state index contributed by atoms with van der Waals surface area (Å²) in [6.45, 7) is 5.85. The highest BCUT2D eigenvalue weighted by atomic mass is 79.9. The first-order chi connectivity index (χ1) is 14.5. The smallest absolute Gasteiger partial charge is 0.263 e. The standard InChI is InChI=1S/C21H18BrN5O2S/c1-3-12-26-19(29)16-6-4-5-7-17(16)27-20(26)24-25-21(27)30-13(2)18(28)23-15-10-8-14(22)9-11-15/h3-11,13H,1,12H2,2H3,(H,23,28). The number of aromatic nitrogens is 4. The Hall–Kier alpha value is -2.91. The number of hydrogen-bond acceptors (Lipinski definition) is 5. The van der Waals surface area contributed by atoms with Crippen molar-refractivity contribution in [2.75, 3.05) is 5.32 Å². The molecule has 0 fully saturated rings. The number of anilines is 1. The molecule has 7 nitrogen and oxygen atoms in total. The maximum atomic E-state index is 12.9. The van der Waals surface area contributed by atoms with Crippen molar-refractivity contribution in [2.24, 2.45) is 0 Å². The molecule has 1 atom stereocenters. The molecule has 152 valence electrons. The van der Waals surface area contributed by atoms with E-state index >= 15 is 0 Å². The number of thioether (sulfide) groups is 1. The van der Waals surface area contributed by atoms with Gasteiger partial charge >= 0.3 is 0 Å². The van der Waals surface area contributed by atoms with Crippen LogP contribution in [-0.2, 0) is 11.3 Å². The number of carbonyl (C=O) groups excluding carboxylic acids is 1. The van der Waals surface area contributed by atoms with Crippen molar-refractivity contribution in [2.45, 2.75) is 23.9 Å². The van der Waals surface area contributed by atoms with E-state index in [1.165, 1.54) is 16.3 Å². The van der Waals surface area contributed by atoms with Gasteiger partial charge in [-0.05, 0) is 43.3 Å². The van der Waals surface area contributed by atoms with Gasteiger partial charge in [0.25, 0.3) is 5.56 Å². The van der Waals surface area contributed by atoms with Crippen LogP contribution in [0.15, 0.2) is 75.6 Å². The van der Waals surface area contributed by atoms with Crippen molar-refractivity contribution in [1.29, 1.82) is 0 Å². The number of fused-ring (bicyclic) bond motifs is 3. The number of amides is 1. The van der Waals surface area contributed by atoms with Crippen molar-refractivity contribution in [1.82, 2.24) is 19.2 Å². The molecule has 0 aliphatic rings. The van der Waals surface area contributed by atoms with Crippen LogP contribution in [0, 0.1) is 0 Å². The zero-order chi connectivity index (χ0) is 21.3. The summed E-state index contributed by atoms with van der Waals surface area (Å²) in [4.78, 5) is 25.5. The summed E-state index contributed by atoms with van der Waals surface area (Å²) in [6, 6.07) is 14.7. The summed E-state index contributed by atoms with van der Waals surface area (Å²) in [5.41, 5.74) is 1.26. The topological polar surface area (TPSA) is 81.3 Å². The van der Waals surface area contributed by atoms with Gasteiger partial charge in [0.05, 0.1) is 16.2 Å². The van der Waals surface area contributed by atoms with Crippen LogP contribution in [0.4, 0.5) is 5.69 Å². The van der Waals surface area contributed by atoms with Gasteiger partial charge in [-0.25, -0.2) is 0 Å². The highest BCUT2D eigenvalue weighted by molar-refractivity contribution is 9.10. The zero-order valence-corrected chi connectivity index (χ0v) is 18.5. The van der Waals surface area contributed by atoms with Crippen molar-refractivity contribution in [3.05, 3.63) is 76.0 Å². The van der Waals surface area contributed by atoms with Gasteiger partial charge in [-0.15, -0.1) is 16.8 Å². The molecule has 0 aliphatic heterocycles. The molecule has 4 aromatic rings. The maximum Gasteiger partial charge on any atom is 0.263 e. The molecule has 4 rings (SSSR count). The second-order valence-corrected chi connectivity index (χ2v) is 8.82. The van der Waals surface area contributed by atoms with Crippen molar-refractivity contribution < 1.29 is 4.79 Å². The third kappa shape index (κ3) is 3.78. The number of halogens is 1. The molecule has 1 amide bonds. The van der Waals surface area contributed by atoms with Crippen LogP contribution in [0.2, 0.25) is 0 Å². The summed E-state index contributed by atoms with van der Waals surface area (Å²) in [7, 11) is 0. The quantitative estimate of drug-likeness (QED) is 0.329. The predicted octanol–water partition coefficient (Wildman–Crippen LogP) is 4.11. The monoisotopic (exact) mass is 483 g/mol. The minimum absolute atomic E-state index is 0.150. The van der Waals surface area contributed by atoms with E-state index in [2.05, 4.69) is 38.0 Å². The van der Waals surface area contributed by atoms with Crippen molar-refractivity contribution >= 4 is 56.0 Å². The molecule has 2 aromatic carbocycles. The van der Waals surface area contributed by atoms with E-state index in [-0.39, 0.29) is 11.5 Å². The summed E-state index contributed by atoms with van der Waals surface area (Å²) in [6.07, 6.45) is 1.64. The zero-order valence-electron chi connectivity index (χ0n) is 16.1. The average Bonchev–Trinajstić information content (AvgIpc) is 3.16. The molecule has 30 heavy (non-hydrogen) atoms. The highest BCUT2D eigenvalue weighted by Crippen LogP contribution is 2.26. The lowest BCUT2D eigenvalue weighted by Crippen LogP contribution is -2.24. The molecular formula is C21H18BrN5O2S. The van der Waals surface area contributed by atoms with Gasteiger partial charge in [-0.1, -0.05) is 45.9 Å². The Morgan fingerprint density at radius 2 is 1.97 bits per heavy atom. The van der Waals surface area contributed by atoms with E-state index in [4.69, 9.17) is 0 Å². The Kier molecular flexibility index (Phi) is 5.74. The third-order valence-corrected chi connectivity index (χ3v) is 6.12. The average molecular weight is 484 g/mol. The van der Waals surface area contributed by atoms with E-state index in [1.807, 2.05) is 53.8 Å². The molecule has 9 heteroatoms. The number of hydrogen-bond donors (Lipinski definition) is 1. The fourth-order valence-electron chi connectivity index (χ4n) is 3.09. The van der Waals surface area contributed by atoms with E-state index in [1.54, 1.807) is 12.1 Å². The summed E-state index contributed by atoms with van der Waals surface area (Å²) in [5.74, 6) is 0.268. The Morgan fingerprint density at radius 3 is 2.70 bits per heavy atom. The van der Waals surface area contributed by atoms with E-state index in [0.29, 0.717) is 34.1 Å². The van der Waals surface area contributed by atoms with Gasteiger partial charge in [0.1, 0.15) is 0 Å². The molecule has 2 aromatic heterocycles. The SMILES string of the molecule is C=CCn1c(=O)c2ccccc2n2c(SC(C)C(=O)Nc3ccc(Br)cc3)nnc12. The van der Waals surface area contributed by atoms with Gasteiger partial charge in [0.15, 0.2) is 5.16 Å². The Bertz CT molecular complexity index is 1310. The highest BCUT2D eigenvalue weighted by Gasteiger charge is 2.21. The van der Waals surface area contributed by atoms with E-state index in [9.17, 15) is 9.59 Å². The Balaban J connectivity index is 1.71. The maximum absolute atomic E-state index is 12.9. The number of nitrogens with one attached hydrogen (secondary N) is 1. The predicted molar refractivity (Wildman–Crippen MR) is 123 cm³/mol. The number of carbonyl (C=O) groups is 1. The summed E-state index contributed by atoms with van der Waals surface area (Å²) in [5, 5.41) is 12.1. The first kappa shape index (κ1) is 20.4. The van der Waals surface area contributed by atoms with Gasteiger partial charge in [-0.2, -0.15) is 0 Å². The van der Waals surface area contributed by atoms with Gasteiger partial charge in [-0.3, -0.25) is 18.6 Å². The minimum atomic E-state index is -0.431. The summed E-state index contributed by atoms with van der Waals surface area (Å²) < 4.78 is 4.28. The molecule has 2 heterocycles. The number of para-hydroxylation sites is 1. The molecule has 0 bridgehead atoms. The van der Waals surface area contributed by atoms with Crippen LogP contribution in [0.25, 0.3) is 16.7 Å². The number of rotatable bonds is 6. The molecule has 0 saturated heterocycles. The molecule has 0 aliphatic carbocycles. The van der Waals surface area contributed by atoms with Crippen LogP contribution < -0.4 is 10.9 Å². The molecular weight excluding hydrogens is 466 g/mol. The first-order valence-electron chi connectivity index (χ1n) is 9.20. The second kappa shape index (κ2) is 8.45. The number of allylic oxidation sites excluding steroid dienone is 1. The lowest BCUT2D eigenvalue weighted by Gasteiger charge is -2.13. The van der Waals surface area contributed by atoms with Gasteiger partial charge < -0.3 is 5.32 Å². The normalized spacial score (nSPS) is 12.2. The van der Waals surface area contributed by atoms with Crippen LogP contribution in [0.1, 0.15) is 6.92 Å². The minimum Gasteiger partial charge on any atom is -0.325 e. The lowest BCUT2D eigenvalue weighted by molar-refractivity contribution is -0.115. The lowest BCUT2D eigenvalue weighted by atomic mass is 10.2. The number of benzene rings is 2. The van der Waals surface area contributed by atoms with Crippen LogP contribution in [-0.4, -0.2) is 30.3 Å². The third-order valence-electron chi connectivity index (χ3n) is 4.55. The summed E-state index contributed by atoms with van der Waals surface area (Å²) >= 11 is 4.66. The fraction of sp³-hybridized carbons (Fsp3) is 0.143. The Morgan fingerprint density at radius 1 is 1.23 bits per heavy atom. The van der Waals surface area contributed by atoms with Crippen LogP contribution in [0.5, 0.6) is 0 Å². The first-order valence-corrected chi connectivity index (χ1v) is 10.9. The van der Waals surface area contributed by atoms with Gasteiger partial charge in [0.2, 0.25) is 11.7 Å². The largest absolute Gasteiger partial charge is 0.325 e. The number of nitrogens with zero attached hydrogens (tertiary/aromatic N) is 4. The van der Waals surface area contributed by atoms with Crippen LogP contribution in [0.3, 0.4) is 0 Å². The molecule has 0 spiro atoms. The molecule has 0 radical (unpaired) electrons. The molecule has 0 saturated carbocycles. The molecule has 1 unspecified atom stereocenters. The fourth-order valence-corrected chi connectivity index (χ4v) is 4.21. The Labute approximate surface area is 184 Å².